The Hall–Kier alpha value is -3.30. The van der Waals surface area contributed by atoms with Crippen LogP contribution in [0.3, 0.4) is 0 Å². The molecule has 0 spiro atoms. The number of carbonyl (C=O) groups is 3. The van der Waals surface area contributed by atoms with Crippen LogP contribution in [0.4, 0.5) is 10.1 Å². The van der Waals surface area contributed by atoms with Gasteiger partial charge >= 0.3 is 0 Å². The maximum atomic E-state index is 15.1. The Kier molecular flexibility index (Phi) is 6.44. The Morgan fingerprint density at radius 2 is 1.87 bits per heavy atom. The summed E-state index contributed by atoms with van der Waals surface area (Å²) < 4.78 is 30.0. The third-order valence-corrected chi connectivity index (χ3v) is 7.15. The monoisotopic (exact) mass is 523 g/mol. The molecule has 2 N–H and O–H groups in total. The van der Waals surface area contributed by atoms with Gasteiger partial charge < -0.3 is 15.0 Å². The molecule has 1 atom stereocenters. The molecule has 1 unspecified atom stereocenters. The number of carbonyl (C=O) groups excluding carboxylic acids is 3. The Labute approximate surface area is 223 Å². The van der Waals surface area contributed by atoms with Crippen molar-refractivity contribution in [2.24, 2.45) is 0 Å². The average molecular weight is 524 g/mol. The predicted molar refractivity (Wildman–Crippen MR) is 141 cm³/mol. The van der Waals surface area contributed by atoms with Crippen LogP contribution in [-0.2, 0) is 34.0 Å². The maximum Gasteiger partial charge on any atom is 0.255 e. The molecule has 0 bridgehead atoms. The number of hydrogen-bond acceptors (Lipinski definition) is 6. The topological polar surface area (TPSA) is 91.0 Å². The molecule has 3 amide bonds. The van der Waals surface area contributed by atoms with E-state index in [2.05, 4.69) is 43.2 Å². The second kappa shape index (κ2) is 9.78. The van der Waals surface area contributed by atoms with E-state index in [1.54, 1.807) is 30.3 Å². The first-order chi connectivity index (χ1) is 18.3. The van der Waals surface area contributed by atoms with E-state index in [1.807, 2.05) is 6.07 Å². The van der Waals surface area contributed by atoms with Crippen LogP contribution in [0.15, 0.2) is 36.4 Å². The molecule has 3 aliphatic heterocycles. The highest BCUT2D eigenvalue weighted by Gasteiger charge is 2.40. The van der Waals surface area contributed by atoms with Gasteiger partial charge in [-0.1, -0.05) is 18.2 Å². The number of anilines is 1. The Morgan fingerprint density at radius 3 is 2.55 bits per heavy atom. The molecule has 5 rings (SSSR count). The average Bonchev–Trinajstić information content (AvgIpc) is 3.17. The maximum absolute atomic E-state index is 15.1. The van der Waals surface area contributed by atoms with Gasteiger partial charge in [-0.2, -0.15) is 0 Å². The third-order valence-electron chi connectivity index (χ3n) is 7.15. The Morgan fingerprint density at radius 1 is 1.13 bits per heavy atom. The molecule has 3 heterocycles. The summed E-state index contributed by atoms with van der Waals surface area (Å²) in [5, 5.41) is 5.41. The van der Waals surface area contributed by atoms with Crippen molar-refractivity contribution in [3.05, 3.63) is 64.5 Å². The van der Waals surface area contributed by atoms with E-state index < -0.39 is 23.7 Å². The van der Waals surface area contributed by atoms with Crippen LogP contribution in [0.5, 0.6) is 0 Å². The highest BCUT2D eigenvalue weighted by Crippen LogP contribution is 2.33. The molecular weight excluding hydrogens is 487 g/mol. The Balaban J connectivity index is 1.27. The zero-order valence-electron chi connectivity index (χ0n) is 23.3. The van der Waals surface area contributed by atoms with Crippen molar-refractivity contribution in [3.8, 4) is 0 Å². The summed E-state index contributed by atoms with van der Waals surface area (Å²) >= 11 is 0. The second-order valence-corrected chi connectivity index (χ2v) is 11.6. The second-order valence-electron chi connectivity index (χ2n) is 11.6. The van der Waals surface area contributed by atoms with Gasteiger partial charge in [-0.05, 0) is 57.9 Å². The number of fused-ring (bicyclic) bond motifs is 1. The van der Waals surface area contributed by atoms with Gasteiger partial charge in [-0.3, -0.25) is 24.6 Å². The fourth-order valence-corrected chi connectivity index (χ4v) is 5.92. The SMILES string of the molecule is [2H]C1(N2Cc3c(NCc4ccc(CN5CC(C)(C)OC(C)(C)C5)cc4F)cccc3C2=O)CCC(=O)NC1=O. The number of morpholine rings is 1. The van der Waals surface area contributed by atoms with Crippen molar-refractivity contribution in [1.29, 1.82) is 0 Å². The number of nitrogens with zero attached hydrogens (tertiary/aromatic N) is 2. The summed E-state index contributed by atoms with van der Waals surface area (Å²) in [6.07, 6.45) is -0.0615. The number of amides is 3. The molecule has 0 radical (unpaired) electrons. The first-order valence-corrected chi connectivity index (χ1v) is 13.0. The predicted octanol–water partition coefficient (Wildman–Crippen LogP) is 3.59. The number of imide groups is 1. The minimum Gasteiger partial charge on any atom is -0.381 e. The summed E-state index contributed by atoms with van der Waals surface area (Å²) in [6.45, 7) is 10.7. The molecule has 202 valence electrons. The van der Waals surface area contributed by atoms with E-state index in [9.17, 15) is 14.4 Å². The molecule has 0 aromatic heterocycles. The number of ether oxygens (including phenoxy) is 1. The number of rotatable bonds is 6. The molecular formula is C29H35FN4O4. The Bertz CT molecular complexity index is 1330. The summed E-state index contributed by atoms with van der Waals surface area (Å²) in [5.41, 5.74) is 2.49. The highest BCUT2D eigenvalue weighted by molar-refractivity contribution is 6.06. The molecule has 38 heavy (non-hydrogen) atoms. The lowest BCUT2D eigenvalue weighted by atomic mass is 9.98. The fourth-order valence-electron chi connectivity index (χ4n) is 5.92. The molecule has 8 nitrogen and oxygen atoms in total. The highest BCUT2D eigenvalue weighted by atomic mass is 19.1. The summed E-state index contributed by atoms with van der Waals surface area (Å²) in [7, 11) is 0. The molecule has 2 saturated heterocycles. The number of piperidine rings is 1. The largest absolute Gasteiger partial charge is 0.381 e. The van der Waals surface area contributed by atoms with Gasteiger partial charge in [0.05, 0.1) is 12.6 Å². The third kappa shape index (κ3) is 5.44. The first-order valence-electron chi connectivity index (χ1n) is 13.5. The van der Waals surface area contributed by atoms with Gasteiger partial charge in [0.25, 0.3) is 5.91 Å². The van der Waals surface area contributed by atoms with Crippen LogP contribution in [0.1, 0.15) is 69.0 Å². The van der Waals surface area contributed by atoms with Gasteiger partial charge in [-0.15, -0.1) is 0 Å². The van der Waals surface area contributed by atoms with Crippen LogP contribution < -0.4 is 10.6 Å². The normalized spacial score (nSPS) is 25.1. The summed E-state index contributed by atoms with van der Waals surface area (Å²) in [5.74, 6) is -1.98. The van der Waals surface area contributed by atoms with Gasteiger partial charge in [0.15, 0.2) is 0 Å². The van der Waals surface area contributed by atoms with Crippen molar-refractivity contribution in [2.45, 2.75) is 77.4 Å². The summed E-state index contributed by atoms with van der Waals surface area (Å²) in [6, 6.07) is 8.59. The van der Waals surface area contributed by atoms with E-state index in [-0.39, 0.29) is 43.0 Å². The standard InChI is InChI=1S/C29H35FN4O4/c1-28(2)16-33(17-29(3,4)38-28)14-18-8-9-19(22(30)12-18)13-31-23-7-5-6-20-21(23)15-34(27(20)37)24-10-11-25(35)32-26(24)36/h5-9,12,24,31H,10-11,13-17H2,1-4H3,(H,32,35,36)/i24D. The number of nitrogens with one attached hydrogen (secondary N) is 2. The van der Waals surface area contributed by atoms with E-state index in [0.717, 1.165) is 18.7 Å². The van der Waals surface area contributed by atoms with Crippen LogP contribution >= 0.6 is 0 Å². The lowest BCUT2D eigenvalue weighted by molar-refractivity contribution is -0.182. The lowest BCUT2D eigenvalue weighted by Crippen LogP contribution is -2.56. The van der Waals surface area contributed by atoms with Gasteiger partial charge in [0.2, 0.25) is 11.8 Å². The van der Waals surface area contributed by atoms with E-state index in [0.29, 0.717) is 28.9 Å². The van der Waals surface area contributed by atoms with Crippen molar-refractivity contribution in [1.82, 2.24) is 15.1 Å². The fraction of sp³-hybridized carbons (Fsp3) is 0.483. The smallest absolute Gasteiger partial charge is 0.255 e. The zero-order chi connectivity index (χ0) is 28.2. The molecule has 2 aromatic rings. The molecule has 9 heteroatoms. The number of benzene rings is 2. The van der Waals surface area contributed by atoms with Crippen molar-refractivity contribution < 1.29 is 24.9 Å². The number of hydrogen-bond donors (Lipinski definition) is 2. The lowest BCUT2D eigenvalue weighted by Gasteiger charge is -2.47. The van der Waals surface area contributed by atoms with Crippen molar-refractivity contribution in [3.63, 3.8) is 0 Å². The van der Waals surface area contributed by atoms with Crippen LogP contribution in [0, 0.1) is 5.82 Å². The van der Waals surface area contributed by atoms with Crippen LogP contribution in [0.2, 0.25) is 0 Å². The molecule has 0 saturated carbocycles. The van der Waals surface area contributed by atoms with E-state index in [1.165, 1.54) is 4.90 Å². The van der Waals surface area contributed by atoms with Gasteiger partial charge in [0, 0.05) is 61.5 Å². The number of halogens is 1. The van der Waals surface area contributed by atoms with E-state index >= 15 is 4.39 Å². The molecule has 0 aliphatic carbocycles. The van der Waals surface area contributed by atoms with Crippen LogP contribution in [-0.4, -0.2) is 57.8 Å². The minimum absolute atomic E-state index is 0.00317. The minimum atomic E-state index is -1.85. The zero-order valence-corrected chi connectivity index (χ0v) is 22.3. The molecule has 3 aliphatic rings. The summed E-state index contributed by atoms with van der Waals surface area (Å²) in [4.78, 5) is 40.7. The van der Waals surface area contributed by atoms with Crippen molar-refractivity contribution >= 4 is 23.4 Å². The van der Waals surface area contributed by atoms with Gasteiger partial charge in [-0.25, -0.2) is 4.39 Å². The molecule has 2 aromatic carbocycles. The van der Waals surface area contributed by atoms with E-state index in [4.69, 9.17) is 6.11 Å². The quantitative estimate of drug-likeness (QED) is 0.563. The van der Waals surface area contributed by atoms with Crippen molar-refractivity contribution in [2.75, 3.05) is 18.4 Å². The molecule has 2 fully saturated rings. The van der Waals surface area contributed by atoms with Gasteiger partial charge in [0.1, 0.15) is 11.8 Å². The first kappa shape index (κ1) is 25.0. The van der Waals surface area contributed by atoms with Crippen LogP contribution in [0.25, 0.3) is 0 Å².